The van der Waals surface area contributed by atoms with E-state index >= 15 is 0 Å². The van der Waals surface area contributed by atoms with Crippen molar-refractivity contribution in [1.82, 2.24) is 0 Å². The molecular weight excluding hydrogens is 180 g/mol. The Balaban J connectivity index is 2.38. The summed E-state index contributed by atoms with van der Waals surface area (Å²) in [4.78, 5) is 21.1. The summed E-state index contributed by atoms with van der Waals surface area (Å²) in [5.41, 5.74) is 0.797. The van der Waals surface area contributed by atoms with Crippen molar-refractivity contribution in [3.05, 3.63) is 5.57 Å². The molecule has 1 saturated carbocycles. The summed E-state index contributed by atoms with van der Waals surface area (Å²) >= 11 is 0. The molecule has 0 N–H and O–H groups in total. The van der Waals surface area contributed by atoms with Crippen LogP contribution in [0.3, 0.4) is 0 Å². The highest BCUT2D eigenvalue weighted by Crippen LogP contribution is 2.30. The molecule has 1 aliphatic carbocycles. The van der Waals surface area contributed by atoms with Crippen molar-refractivity contribution in [1.29, 1.82) is 0 Å². The highest BCUT2D eigenvalue weighted by molar-refractivity contribution is 5.66. The van der Waals surface area contributed by atoms with E-state index in [1.165, 1.54) is 6.92 Å². The molecule has 0 atom stereocenters. The van der Waals surface area contributed by atoms with E-state index in [9.17, 15) is 9.59 Å². The molecule has 3 heteroatoms. The topological polar surface area (TPSA) is 43.4 Å². The van der Waals surface area contributed by atoms with Gasteiger partial charge in [0.25, 0.3) is 0 Å². The van der Waals surface area contributed by atoms with Crippen LogP contribution in [0.2, 0.25) is 0 Å². The van der Waals surface area contributed by atoms with Crippen molar-refractivity contribution in [3.8, 4) is 0 Å². The van der Waals surface area contributed by atoms with Crippen LogP contribution < -0.4 is 0 Å². The minimum absolute atomic E-state index is 0.0585. The zero-order valence-electron chi connectivity index (χ0n) is 8.71. The molecule has 0 aromatic rings. The van der Waals surface area contributed by atoms with Crippen LogP contribution in [0, 0.1) is 5.92 Å². The van der Waals surface area contributed by atoms with Crippen molar-refractivity contribution in [2.24, 2.45) is 5.92 Å². The van der Waals surface area contributed by atoms with Gasteiger partial charge in [0.1, 0.15) is 12.0 Å². The van der Waals surface area contributed by atoms with Crippen molar-refractivity contribution < 1.29 is 14.3 Å². The molecular formula is C11H16O3. The minimum atomic E-state index is -0.212. The summed E-state index contributed by atoms with van der Waals surface area (Å²) in [5.74, 6) is 2.08. The maximum atomic E-state index is 10.7. The Labute approximate surface area is 84.1 Å². The lowest BCUT2D eigenvalue weighted by Gasteiger charge is -2.27. The van der Waals surface area contributed by atoms with Crippen LogP contribution in [0.25, 0.3) is 0 Å². The first kappa shape index (κ1) is 11.0. The van der Waals surface area contributed by atoms with Crippen LogP contribution in [0.5, 0.6) is 0 Å². The zero-order chi connectivity index (χ0) is 10.6. The van der Waals surface area contributed by atoms with Gasteiger partial charge in [0.15, 0.2) is 0 Å². The van der Waals surface area contributed by atoms with Gasteiger partial charge in [0, 0.05) is 12.5 Å². The fourth-order valence-electron chi connectivity index (χ4n) is 1.93. The highest BCUT2D eigenvalue weighted by Gasteiger charge is 2.24. The lowest BCUT2D eigenvalue weighted by Crippen LogP contribution is -2.24. The third-order valence-corrected chi connectivity index (χ3v) is 2.78. The molecule has 14 heavy (non-hydrogen) atoms. The second-order valence-electron chi connectivity index (χ2n) is 3.87. The predicted octanol–water partition coefficient (Wildman–Crippen LogP) is 1.89. The highest BCUT2D eigenvalue weighted by atomic mass is 16.5. The van der Waals surface area contributed by atoms with Gasteiger partial charge < -0.3 is 4.74 Å². The Hall–Kier alpha value is -1.08. The molecule has 0 heterocycles. The van der Waals surface area contributed by atoms with Gasteiger partial charge in [0.05, 0.1) is 0 Å². The smallest absolute Gasteiger partial charge is 0.302 e. The first-order valence-electron chi connectivity index (χ1n) is 5.02. The molecule has 0 amide bonds. The molecule has 0 unspecified atom stereocenters. The monoisotopic (exact) mass is 196 g/mol. The average Bonchev–Trinajstić information content (AvgIpc) is 2.17. The van der Waals surface area contributed by atoms with Crippen LogP contribution in [-0.4, -0.2) is 18.0 Å². The first-order valence-corrected chi connectivity index (χ1v) is 5.02. The average molecular weight is 196 g/mol. The van der Waals surface area contributed by atoms with Crippen molar-refractivity contribution in [2.75, 3.05) is 0 Å². The van der Waals surface area contributed by atoms with Crippen LogP contribution in [0.4, 0.5) is 0 Å². The molecule has 0 aliphatic heterocycles. The minimum Gasteiger partial charge on any atom is -0.463 e. The van der Waals surface area contributed by atoms with E-state index in [1.807, 2.05) is 12.9 Å². The summed E-state index contributed by atoms with van der Waals surface area (Å²) in [7, 11) is 0. The molecule has 3 nitrogen and oxygen atoms in total. The number of esters is 1. The lowest BCUT2D eigenvalue weighted by atomic mass is 9.83. The van der Waals surface area contributed by atoms with Gasteiger partial charge in [-0.15, -0.1) is 0 Å². The van der Waals surface area contributed by atoms with Gasteiger partial charge >= 0.3 is 5.97 Å². The van der Waals surface area contributed by atoms with Gasteiger partial charge in [-0.1, -0.05) is 0 Å². The Morgan fingerprint density at radius 3 is 2.21 bits per heavy atom. The number of rotatable bonds is 2. The summed E-state index contributed by atoms with van der Waals surface area (Å²) in [6, 6.07) is 0. The van der Waals surface area contributed by atoms with E-state index < -0.39 is 0 Å². The number of hydrogen-bond donors (Lipinski definition) is 0. The van der Waals surface area contributed by atoms with Crippen molar-refractivity contribution in [3.63, 3.8) is 0 Å². The Kier molecular flexibility index (Phi) is 3.90. The molecule has 0 saturated heterocycles. The number of hydrogen-bond acceptors (Lipinski definition) is 3. The fourth-order valence-corrected chi connectivity index (χ4v) is 1.93. The number of carbonyl (C=O) groups is 1. The largest absolute Gasteiger partial charge is 0.463 e. The van der Waals surface area contributed by atoms with E-state index in [-0.39, 0.29) is 12.1 Å². The Morgan fingerprint density at radius 2 is 1.79 bits per heavy atom. The third-order valence-electron chi connectivity index (χ3n) is 2.78. The van der Waals surface area contributed by atoms with Gasteiger partial charge in [-0.25, -0.2) is 4.79 Å². The molecule has 0 aromatic carbocycles. The van der Waals surface area contributed by atoms with Crippen molar-refractivity contribution >= 4 is 11.9 Å². The quantitative estimate of drug-likeness (QED) is 0.500. The van der Waals surface area contributed by atoms with E-state index in [0.717, 1.165) is 31.3 Å². The molecule has 1 rings (SSSR count). The SMILES string of the molecule is CC(=O)OC1CCC(C(C)=C=O)CC1. The summed E-state index contributed by atoms with van der Waals surface area (Å²) in [6.45, 7) is 3.26. The second-order valence-corrected chi connectivity index (χ2v) is 3.87. The van der Waals surface area contributed by atoms with Gasteiger partial charge in [-0.05, 0) is 38.5 Å². The summed E-state index contributed by atoms with van der Waals surface area (Å²) in [6.07, 6.45) is 3.65. The van der Waals surface area contributed by atoms with Crippen LogP contribution in [0.15, 0.2) is 5.57 Å². The molecule has 0 radical (unpaired) electrons. The standard InChI is InChI=1S/C11H16O3/c1-8(7-12)10-3-5-11(6-4-10)14-9(2)13/h10-11H,3-6H2,1-2H3. The van der Waals surface area contributed by atoms with Crippen LogP contribution in [-0.2, 0) is 14.3 Å². The Morgan fingerprint density at radius 1 is 1.21 bits per heavy atom. The van der Waals surface area contributed by atoms with E-state index in [2.05, 4.69) is 0 Å². The molecule has 78 valence electrons. The zero-order valence-corrected chi connectivity index (χ0v) is 8.71. The maximum absolute atomic E-state index is 10.7. The van der Waals surface area contributed by atoms with Crippen molar-refractivity contribution in [2.45, 2.75) is 45.6 Å². The van der Waals surface area contributed by atoms with E-state index in [0.29, 0.717) is 5.92 Å². The number of carbonyl (C=O) groups excluding carboxylic acids is 2. The fraction of sp³-hybridized carbons (Fsp3) is 0.727. The van der Waals surface area contributed by atoms with Gasteiger partial charge in [-0.3, -0.25) is 4.79 Å². The molecule has 1 aliphatic rings. The third kappa shape index (κ3) is 3.00. The second kappa shape index (κ2) is 4.97. The normalized spacial score (nSPS) is 26.4. The van der Waals surface area contributed by atoms with Crippen LogP contribution >= 0.6 is 0 Å². The number of ether oxygens (including phenoxy) is 1. The molecule has 1 fully saturated rings. The first-order chi connectivity index (χ1) is 6.63. The van der Waals surface area contributed by atoms with E-state index in [1.54, 1.807) is 0 Å². The predicted molar refractivity (Wildman–Crippen MR) is 52.4 cm³/mol. The maximum Gasteiger partial charge on any atom is 0.302 e. The Bertz CT molecular complexity index is 256. The number of allylic oxidation sites excluding steroid dienone is 1. The van der Waals surface area contributed by atoms with Gasteiger partial charge in [0.2, 0.25) is 0 Å². The van der Waals surface area contributed by atoms with Crippen LogP contribution in [0.1, 0.15) is 39.5 Å². The summed E-state index contributed by atoms with van der Waals surface area (Å²) < 4.78 is 5.11. The summed E-state index contributed by atoms with van der Waals surface area (Å²) in [5, 5.41) is 0. The molecule has 0 bridgehead atoms. The van der Waals surface area contributed by atoms with Gasteiger partial charge in [-0.2, -0.15) is 0 Å². The molecule has 0 aromatic heterocycles. The lowest BCUT2D eigenvalue weighted by molar-refractivity contribution is -0.148. The van der Waals surface area contributed by atoms with E-state index in [4.69, 9.17) is 4.74 Å². The molecule has 0 spiro atoms.